The molecule has 0 aliphatic carbocycles. The summed E-state index contributed by atoms with van der Waals surface area (Å²) >= 11 is 1.62. The van der Waals surface area contributed by atoms with Gasteiger partial charge in [-0.05, 0) is 31.7 Å². The highest BCUT2D eigenvalue weighted by Crippen LogP contribution is 2.71. The van der Waals surface area contributed by atoms with Crippen molar-refractivity contribution < 1.29 is 24.2 Å². The van der Waals surface area contributed by atoms with Crippen LogP contribution in [0.15, 0.2) is 55.6 Å². The Kier molecular flexibility index (Phi) is 7.43. The zero-order valence-corrected chi connectivity index (χ0v) is 21.0. The number of carbonyl (C=O) groups excluding carboxylic acids is 3. The van der Waals surface area contributed by atoms with Crippen molar-refractivity contribution in [1.29, 1.82) is 0 Å². The van der Waals surface area contributed by atoms with E-state index in [0.29, 0.717) is 25.9 Å². The largest absolute Gasteiger partial charge is 0.461 e. The smallest absolute Gasteiger partial charge is 0.311 e. The van der Waals surface area contributed by atoms with Gasteiger partial charge in [0.05, 0.1) is 16.6 Å². The Labute approximate surface area is 211 Å². The molecule has 3 heterocycles. The van der Waals surface area contributed by atoms with Crippen LogP contribution in [0.25, 0.3) is 0 Å². The molecular weight excluding hydrogens is 464 g/mol. The molecule has 3 aliphatic rings. The highest BCUT2D eigenvalue weighted by atomic mass is 32.2. The molecule has 188 valence electrons. The molecule has 2 amide bonds. The molecule has 2 unspecified atom stereocenters. The molecule has 0 aromatic heterocycles. The minimum atomic E-state index is -0.709. The molecule has 0 radical (unpaired) electrons. The Morgan fingerprint density at radius 2 is 2.00 bits per heavy atom. The van der Waals surface area contributed by atoms with Crippen molar-refractivity contribution in [1.82, 2.24) is 9.80 Å². The third-order valence-electron chi connectivity index (χ3n) is 7.54. The van der Waals surface area contributed by atoms with E-state index >= 15 is 0 Å². The van der Waals surface area contributed by atoms with Crippen LogP contribution in [-0.4, -0.2) is 74.5 Å². The number of aliphatic hydroxyl groups excluding tert-OH is 1. The summed E-state index contributed by atoms with van der Waals surface area (Å²) in [5, 5.41) is 9.50. The first-order valence-electron chi connectivity index (χ1n) is 12.2. The van der Waals surface area contributed by atoms with E-state index < -0.39 is 33.3 Å². The molecule has 35 heavy (non-hydrogen) atoms. The Morgan fingerprint density at radius 3 is 2.66 bits per heavy atom. The number of thioether (sulfide) groups is 1. The van der Waals surface area contributed by atoms with Crippen molar-refractivity contribution in [2.24, 2.45) is 11.8 Å². The number of likely N-dealkylation sites (tertiary alicyclic amines) is 1. The summed E-state index contributed by atoms with van der Waals surface area (Å²) in [5.41, 5.74) is 0.990. The van der Waals surface area contributed by atoms with E-state index in [-0.39, 0.29) is 31.6 Å². The number of hydrogen-bond donors (Lipinski definition) is 1. The van der Waals surface area contributed by atoms with Crippen molar-refractivity contribution in [3.63, 3.8) is 0 Å². The molecule has 8 heteroatoms. The lowest BCUT2D eigenvalue weighted by Crippen LogP contribution is -2.54. The van der Waals surface area contributed by atoms with Crippen molar-refractivity contribution in [2.45, 2.75) is 48.3 Å². The number of ether oxygens (including phenoxy) is 1. The molecular formula is C27H34N2O5S. The van der Waals surface area contributed by atoms with Gasteiger partial charge < -0.3 is 19.6 Å². The predicted octanol–water partition coefficient (Wildman–Crippen LogP) is 2.79. The second-order valence-corrected chi connectivity index (χ2v) is 11.6. The summed E-state index contributed by atoms with van der Waals surface area (Å²) in [6, 6.07) is 9.02. The van der Waals surface area contributed by atoms with Crippen LogP contribution in [0.2, 0.25) is 0 Å². The first-order chi connectivity index (χ1) is 16.8. The van der Waals surface area contributed by atoms with Crippen molar-refractivity contribution in [3.8, 4) is 0 Å². The van der Waals surface area contributed by atoms with E-state index in [0.717, 1.165) is 12.0 Å². The Hall–Kier alpha value is -2.58. The van der Waals surface area contributed by atoms with Crippen LogP contribution in [0, 0.1) is 11.8 Å². The maximum atomic E-state index is 14.2. The number of aliphatic hydroxyl groups is 1. The molecule has 1 N–H and O–H groups in total. The van der Waals surface area contributed by atoms with Crippen LogP contribution in [0.1, 0.15) is 31.7 Å². The van der Waals surface area contributed by atoms with Gasteiger partial charge in [0.15, 0.2) is 0 Å². The molecule has 1 aromatic carbocycles. The molecule has 4 rings (SSSR count). The van der Waals surface area contributed by atoms with Crippen LogP contribution >= 0.6 is 11.8 Å². The van der Waals surface area contributed by atoms with Crippen LogP contribution in [-0.2, 0) is 25.7 Å². The number of fused-ring (bicyclic) bond motifs is 1. The number of carbonyl (C=O) groups is 3. The number of nitrogens with zero attached hydrogens (tertiary/aromatic N) is 2. The molecule has 5 atom stereocenters. The zero-order valence-electron chi connectivity index (χ0n) is 20.2. The summed E-state index contributed by atoms with van der Waals surface area (Å²) in [7, 11) is 0. The van der Waals surface area contributed by atoms with Crippen LogP contribution in [0.4, 0.5) is 0 Å². The molecule has 0 saturated carbocycles. The van der Waals surface area contributed by atoms with E-state index in [1.54, 1.807) is 27.6 Å². The van der Waals surface area contributed by atoms with Gasteiger partial charge in [-0.1, -0.05) is 49.1 Å². The fraction of sp³-hybridized carbons (Fsp3) is 0.519. The molecule has 3 aliphatic heterocycles. The van der Waals surface area contributed by atoms with Gasteiger partial charge in [-0.3, -0.25) is 14.4 Å². The van der Waals surface area contributed by atoms with E-state index in [4.69, 9.17) is 4.74 Å². The van der Waals surface area contributed by atoms with Crippen molar-refractivity contribution in [2.75, 3.05) is 26.3 Å². The lowest BCUT2D eigenvalue weighted by atomic mass is 9.66. The fourth-order valence-electron chi connectivity index (χ4n) is 6.14. The second kappa shape index (κ2) is 10.2. The number of benzene rings is 1. The molecule has 3 saturated heterocycles. The van der Waals surface area contributed by atoms with E-state index in [1.807, 2.05) is 37.3 Å². The summed E-state index contributed by atoms with van der Waals surface area (Å²) in [6.07, 6.45) is 4.98. The van der Waals surface area contributed by atoms with E-state index in [1.165, 1.54) is 6.08 Å². The van der Waals surface area contributed by atoms with Gasteiger partial charge in [0.2, 0.25) is 11.8 Å². The van der Waals surface area contributed by atoms with Crippen LogP contribution < -0.4 is 0 Å². The van der Waals surface area contributed by atoms with E-state index in [2.05, 4.69) is 13.2 Å². The standard InChI is InChI=1S/C27H34N2O5S/c1-4-14-28(18-19-10-7-6-8-11-19)24(32)22-27-13-12-26(3,35-27)21(25(33)34-17-5-2)20(27)23(31)29(22)15-9-16-30/h4-8,10-11,20-22,30H,1-2,9,12-18H2,3H3/t20-,21-,22?,26+,27?/m0/s1. The molecule has 7 nitrogen and oxygen atoms in total. The average Bonchev–Trinajstić information content (AvgIpc) is 3.42. The van der Waals surface area contributed by atoms with Gasteiger partial charge in [-0.15, -0.1) is 18.3 Å². The number of amides is 2. The quantitative estimate of drug-likeness (QED) is 0.373. The lowest BCUT2D eigenvalue weighted by Gasteiger charge is -2.37. The van der Waals surface area contributed by atoms with E-state index in [9.17, 15) is 19.5 Å². The molecule has 2 bridgehead atoms. The zero-order chi connectivity index (χ0) is 25.2. The predicted molar refractivity (Wildman–Crippen MR) is 135 cm³/mol. The molecule has 3 fully saturated rings. The molecule has 1 aromatic rings. The highest BCUT2D eigenvalue weighted by molar-refractivity contribution is 8.02. The topological polar surface area (TPSA) is 87.1 Å². The summed E-state index contributed by atoms with van der Waals surface area (Å²) in [6.45, 7) is 10.5. The van der Waals surface area contributed by atoms with Gasteiger partial charge in [0, 0.05) is 31.0 Å². The van der Waals surface area contributed by atoms with Gasteiger partial charge in [-0.2, -0.15) is 0 Å². The fourth-order valence-corrected chi connectivity index (χ4v) is 8.48. The van der Waals surface area contributed by atoms with Gasteiger partial charge in [-0.25, -0.2) is 0 Å². The second-order valence-electron chi connectivity index (χ2n) is 9.75. The number of hydrogen-bond acceptors (Lipinski definition) is 6. The Bertz CT molecular complexity index is 1000. The summed E-state index contributed by atoms with van der Waals surface area (Å²) in [5.74, 6) is -1.98. The normalized spacial score (nSPS) is 30.7. The minimum Gasteiger partial charge on any atom is -0.461 e. The maximum Gasteiger partial charge on any atom is 0.311 e. The minimum absolute atomic E-state index is 0.0849. The first-order valence-corrected chi connectivity index (χ1v) is 13.0. The third-order valence-corrected chi connectivity index (χ3v) is 9.53. The number of esters is 1. The van der Waals surface area contributed by atoms with Crippen LogP contribution in [0.3, 0.4) is 0 Å². The average molecular weight is 499 g/mol. The SMILES string of the molecule is C=CCOC(=O)[C@@H]1[C@H]2C(=O)N(CCCO)C(C(=O)N(CC=C)Cc3ccccc3)C23CC[C@@]1(C)S3. The summed E-state index contributed by atoms with van der Waals surface area (Å²) in [4.78, 5) is 44.6. The van der Waals surface area contributed by atoms with Crippen LogP contribution in [0.5, 0.6) is 0 Å². The summed E-state index contributed by atoms with van der Waals surface area (Å²) < 4.78 is 4.26. The lowest BCUT2D eigenvalue weighted by molar-refractivity contribution is -0.154. The molecule has 1 spiro atoms. The monoisotopic (exact) mass is 498 g/mol. The third kappa shape index (κ3) is 4.31. The number of rotatable bonds is 11. The Balaban J connectivity index is 1.72. The van der Waals surface area contributed by atoms with Crippen molar-refractivity contribution >= 4 is 29.5 Å². The van der Waals surface area contributed by atoms with Gasteiger partial charge in [0.1, 0.15) is 12.6 Å². The van der Waals surface area contributed by atoms with Crippen molar-refractivity contribution in [3.05, 3.63) is 61.2 Å². The first kappa shape index (κ1) is 25.5. The van der Waals surface area contributed by atoms with Gasteiger partial charge in [0.25, 0.3) is 0 Å². The maximum absolute atomic E-state index is 14.2. The van der Waals surface area contributed by atoms with Gasteiger partial charge >= 0.3 is 5.97 Å². The highest BCUT2D eigenvalue weighted by Gasteiger charge is 2.77. The Morgan fingerprint density at radius 1 is 1.26 bits per heavy atom.